The molecule has 0 unspecified atom stereocenters. The van der Waals surface area contributed by atoms with Gasteiger partial charge in [-0.2, -0.15) is 13.2 Å². The van der Waals surface area contributed by atoms with Crippen LogP contribution in [0.15, 0.2) is 35.4 Å². The molecule has 2 aromatic rings. The summed E-state index contributed by atoms with van der Waals surface area (Å²) in [5, 5.41) is 7.56. The molecule has 0 fully saturated rings. The van der Waals surface area contributed by atoms with Gasteiger partial charge >= 0.3 is 5.51 Å². The topological polar surface area (TPSA) is 39.9 Å². The van der Waals surface area contributed by atoms with Gasteiger partial charge in [0.25, 0.3) is 5.88 Å². The molecule has 0 saturated heterocycles. The molecule has 8 heteroatoms. The first-order valence-electron chi connectivity index (χ1n) is 5.25. The van der Waals surface area contributed by atoms with Crippen molar-refractivity contribution in [2.75, 3.05) is 7.11 Å². The van der Waals surface area contributed by atoms with Crippen LogP contribution in [0.25, 0.3) is 0 Å². The van der Waals surface area contributed by atoms with Gasteiger partial charge in [-0.1, -0.05) is 22.4 Å². The predicted molar refractivity (Wildman–Crippen MR) is 64.0 cm³/mol. The number of methoxy groups -OCH3 is 1. The van der Waals surface area contributed by atoms with Crippen molar-refractivity contribution < 1.29 is 17.9 Å². The number of halogens is 3. The van der Waals surface area contributed by atoms with Crippen molar-refractivity contribution in [3.05, 3.63) is 36.0 Å². The third-order valence-electron chi connectivity index (χ3n) is 2.23. The summed E-state index contributed by atoms with van der Waals surface area (Å²) in [5.41, 5.74) is -3.43. The minimum absolute atomic E-state index is 0.131. The van der Waals surface area contributed by atoms with E-state index >= 15 is 0 Å². The van der Waals surface area contributed by atoms with Gasteiger partial charge in [0.1, 0.15) is 0 Å². The summed E-state index contributed by atoms with van der Waals surface area (Å²) in [5.74, 6) is 0.393. The number of ether oxygens (including phenoxy) is 1. The van der Waals surface area contributed by atoms with Crippen LogP contribution in [0.4, 0.5) is 13.2 Å². The summed E-state index contributed by atoms with van der Waals surface area (Å²) in [6.07, 6.45) is 1.61. The maximum absolute atomic E-state index is 12.2. The molecule has 0 aliphatic rings. The first-order valence-corrected chi connectivity index (χ1v) is 6.07. The molecule has 0 bridgehead atoms. The van der Waals surface area contributed by atoms with Crippen molar-refractivity contribution in [2.24, 2.45) is 0 Å². The van der Waals surface area contributed by atoms with E-state index < -0.39 is 5.51 Å². The molecule has 0 saturated carbocycles. The van der Waals surface area contributed by atoms with Crippen molar-refractivity contribution in [1.82, 2.24) is 15.0 Å². The molecule has 4 nitrogen and oxygen atoms in total. The lowest BCUT2D eigenvalue weighted by molar-refractivity contribution is -0.0328. The molecule has 0 radical (unpaired) electrons. The van der Waals surface area contributed by atoms with Gasteiger partial charge in [0.2, 0.25) is 0 Å². The van der Waals surface area contributed by atoms with Crippen LogP contribution >= 0.6 is 11.8 Å². The molecule has 0 spiro atoms. The molecule has 0 amide bonds. The highest BCUT2D eigenvalue weighted by atomic mass is 32.2. The summed E-state index contributed by atoms with van der Waals surface area (Å²) < 4.78 is 42.9. The average molecular weight is 289 g/mol. The normalized spacial score (nSPS) is 11.6. The van der Waals surface area contributed by atoms with Crippen LogP contribution in [-0.4, -0.2) is 27.6 Å². The SMILES string of the molecule is COc1cn(Cc2ccc(SC(F)(F)F)cc2)nn1. The summed E-state index contributed by atoms with van der Waals surface area (Å²) in [4.78, 5) is 0.160. The van der Waals surface area contributed by atoms with Crippen LogP contribution in [0.2, 0.25) is 0 Å². The van der Waals surface area contributed by atoms with Crippen molar-refractivity contribution in [3.63, 3.8) is 0 Å². The Labute approximate surface area is 111 Å². The zero-order valence-corrected chi connectivity index (χ0v) is 10.7. The van der Waals surface area contributed by atoms with Crippen LogP contribution in [0, 0.1) is 0 Å². The number of hydrogen-bond acceptors (Lipinski definition) is 4. The molecule has 1 heterocycles. The molecule has 1 aromatic heterocycles. The summed E-state index contributed by atoms with van der Waals surface area (Å²) in [6.45, 7) is 0.424. The predicted octanol–water partition coefficient (Wildman–Crippen LogP) is 2.95. The molecule has 0 aliphatic carbocycles. The molecule has 19 heavy (non-hydrogen) atoms. The van der Waals surface area contributed by atoms with E-state index in [4.69, 9.17) is 4.74 Å². The number of hydrogen-bond donors (Lipinski definition) is 0. The van der Waals surface area contributed by atoms with Gasteiger partial charge < -0.3 is 4.74 Å². The maximum atomic E-state index is 12.2. The lowest BCUT2D eigenvalue weighted by atomic mass is 10.2. The smallest absolute Gasteiger partial charge is 0.446 e. The zero-order chi connectivity index (χ0) is 13.9. The van der Waals surface area contributed by atoms with Crippen LogP contribution in [0.1, 0.15) is 5.56 Å². The van der Waals surface area contributed by atoms with Crippen molar-refractivity contribution in [2.45, 2.75) is 16.9 Å². The summed E-state index contributed by atoms with van der Waals surface area (Å²) in [7, 11) is 1.48. The lowest BCUT2D eigenvalue weighted by Crippen LogP contribution is -2.01. The Morgan fingerprint density at radius 2 is 1.95 bits per heavy atom. The van der Waals surface area contributed by atoms with Crippen LogP contribution < -0.4 is 4.74 Å². The second-order valence-corrected chi connectivity index (χ2v) is 4.79. The largest absolute Gasteiger partial charge is 0.479 e. The van der Waals surface area contributed by atoms with Gasteiger partial charge in [-0.25, -0.2) is 4.68 Å². The zero-order valence-electron chi connectivity index (χ0n) is 9.89. The highest BCUT2D eigenvalue weighted by Gasteiger charge is 2.28. The van der Waals surface area contributed by atoms with E-state index in [2.05, 4.69) is 10.3 Å². The molecule has 0 aliphatic heterocycles. The van der Waals surface area contributed by atoms with Crippen LogP contribution in [0.5, 0.6) is 5.88 Å². The number of benzene rings is 1. The maximum Gasteiger partial charge on any atom is 0.446 e. The molecular weight excluding hydrogens is 279 g/mol. The fourth-order valence-corrected chi connectivity index (χ4v) is 1.97. The third-order valence-corrected chi connectivity index (χ3v) is 2.97. The standard InChI is InChI=1S/C11H10F3N3OS/c1-18-10-7-17(16-15-10)6-8-2-4-9(5-3-8)19-11(12,13)14/h2-5,7H,6H2,1H3. The Bertz CT molecular complexity index is 539. The Morgan fingerprint density at radius 3 is 2.47 bits per heavy atom. The average Bonchev–Trinajstić information content (AvgIpc) is 2.77. The van der Waals surface area contributed by atoms with E-state index in [0.717, 1.165) is 5.56 Å². The lowest BCUT2D eigenvalue weighted by Gasteiger charge is -2.06. The fourth-order valence-electron chi connectivity index (χ4n) is 1.44. The van der Waals surface area contributed by atoms with Crippen molar-refractivity contribution in [1.29, 1.82) is 0 Å². The quantitative estimate of drug-likeness (QED) is 0.811. The van der Waals surface area contributed by atoms with Gasteiger partial charge in [-0.05, 0) is 29.5 Å². The summed E-state index contributed by atoms with van der Waals surface area (Å²) >= 11 is -0.131. The number of thioether (sulfide) groups is 1. The fraction of sp³-hybridized carbons (Fsp3) is 0.273. The number of nitrogens with zero attached hydrogens (tertiary/aromatic N) is 3. The highest BCUT2D eigenvalue weighted by molar-refractivity contribution is 8.00. The monoisotopic (exact) mass is 289 g/mol. The van der Waals surface area contributed by atoms with Gasteiger partial charge in [-0.15, -0.1) is 0 Å². The number of aromatic nitrogens is 3. The van der Waals surface area contributed by atoms with Gasteiger partial charge in [0, 0.05) is 4.90 Å². The van der Waals surface area contributed by atoms with E-state index in [9.17, 15) is 13.2 Å². The van der Waals surface area contributed by atoms with E-state index in [-0.39, 0.29) is 16.7 Å². The number of alkyl halides is 3. The van der Waals surface area contributed by atoms with Gasteiger partial charge in [-0.3, -0.25) is 0 Å². The molecule has 102 valence electrons. The molecular formula is C11H10F3N3OS. The second-order valence-electron chi connectivity index (χ2n) is 3.65. The van der Waals surface area contributed by atoms with E-state index in [1.807, 2.05) is 0 Å². The molecule has 1 aromatic carbocycles. The van der Waals surface area contributed by atoms with Crippen molar-refractivity contribution >= 4 is 11.8 Å². The minimum Gasteiger partial charge on any atom is -0.479 e. The highest BCUT2D eigenvalue weighted by Crippen LogP contribution is 2.36. The molecule has 0 atom stereocenters. The molecule has 2 rings (SSSR count). The number of rotatable bonds is 4. The minimum atomic E-state index is -4.26. The first kappa shape index (κ1) is 13.7. The van der Waals surface area contributed by atoms with E-state index in [0.29, 0.717) is 12.4 Å². The van der Waals surface area contributed by atoms with Gasteiger partial charge in [0.05, 0.1) is 19.9 Å². The Kier molecular flexibility index (Phi) is 3.98. The van der Waals surface area contributed by atoms with E-state index in [1.54, 1.807) is 23.0 Å². The summed E-state index contributed by atoms with van der Waals surface area (Å²) in [6, 6.07) is 6.12. The third kappa shape index (κ3) is 4.16. The molecule has 0 N–H and O–H groups in total. The van der Waals surface area contributed by atoms with E-state index in [1.165, 1.54) is 19.2 Å². The second kappa shape index (κ2) is 5.52. The van der Waals surface area contributed by atoms with Crippen LogP contribution in [-0.2, 0) is 6.54 Å². The Balaban J connectivity index is 2.02. The Morgan fingerprint density at radius 1 is 1.26 bits per heavy atom. The van der Waals surface area contributed by atoms with Crippen molar-refractivity contribution in [3.8, 4) is 5.88 Å². The first-order chi connectivity index (χ1) is 8.96. The Hall–Kier alpha value is -1.70. The van der Waals surface area contributed by atoms with Crippen LogP contribution in [0.3, 0.4) is 0 Å². The van der Waals surface area contributed by atoms with Gasteiger partial charge in [0.15, 0.2) is 0 Å².